The summed E-state index contributed by atoms with van der Waals surface area (Å²) in [6, 6.07) is 10.4. The van der Waals surface area contributed by atoms with Gasteiger partial charge in [-0.3, -0.25) is 4.98 Å². The lowest BCUT2D eigenvalue weighted by molar-refractivity contribution is 0.495. The fraction of sp³-hybridized carbons (Fsp3) is 0.400. The van der Waals surface area contributed by atoms with Crippen molar-refractivity contribution in [1.29, 1.82) is 0 Å². The molecule has 1 aliphatic carbocycles. The highest BCUT2D eigenvalue weighted by atomic mass is 15.0. The summed E-state index contributed by atoms with van der Waals surface area (Å²) in [7, 11) is 0. The van der Waals surface area contributed by atoms with Crippen molar-refractivity contribution in [3.8, 4) is 0 Å². The highest BCUT2D eigenvalue weighted by Crippen LogP contribution is 2.41. The van der Waals surface area contributed by atoms with Gasteiger partial charge in [-0.15, -0.1) is 0 Å². The number of aromatic nitrogens is 1. The Hall–Kier alpha value is -1.57. The highest BCUT2D eigenvalue weighted by Gasteiger charge is 2.37. The largest absolute Gasteiger partial charge is 0.379 e. The second kappa shape index (κ2) is 3.73. The lowest BCUT2D eigenvalue weighted by atomic mass is 9.98. The Balaban J connectivity index is 1.99. The lowest BCUT2D eigenvalue weighted by Crippen LogP contribution is -2.33. The second-order valence-electron chi connectivity index (χ2n) is 5.50. The first-order chi connectivity index (χ1) is 8.17. The molecule has 1 aromatic heterocycles. The molecule has 0 amide bonds. The molecule has 2 heteroatoms. The van der Waals surface area contributed by atoms with Gasteiger partial charge in [-0.25, -0.2) is 0 Å². The van der Waals surface area contributed by atoms with Crippen LogP contribution in [0.4, 0.5) is 5.69 Å². The molecule has 0 radical (unpaired) electrons. The van der Waals surface area contributed by atoms with Gasteiger partial charge in [0.2, 0.25) is 0 Å². The Morgan fingerprint density at radius 3 is 2.71 bits per heavy atom. The van der Waals surface area contributed by atoms with Crippen LogP contribution in [-0.4, -0.2) is 10.5 Å². The number of para-hydroxylation sites is 1. The van der Waals surface area contributed by atoms with Crippen molar-refractivity contribution >= 4 is 16.6 Å². The number of hydrogen-bond acceptors (Lipinski definition) is 2. The summed E-state index contributed by atoms with van der Waals surface area (Å²) in [5, 5.41) is 4.89. The molecule has 17 heavy (non-hydrogen) atoms. The molecule has 1 aliphatic rings. The van der Waals surface area contributed by atoms with E-state index >= 15 is 0 Å². The molecule has 2 nitrogen and oxygen atoms in total. The molecule has 0 bridgehead atoms. The van der Waals surface area contributed by atoms with Crippen LogP contribution < -0.4 is 5.32 Å². The van der Waals surface area contributed by atoms with Crippen molar-refractivity contribution < 1.29 is 0 Å². The standard InChI is InChI=1S/C15H18N2/c1-15(2,11-7-8-11)17-14-9-10-16-13-6-4-3-5-12(13)14/h3-6,9-11H,7-8H2,1-2H3,(H,16,17). The number of nitrogens with one attached hydrogen (secondary N) is 1. The molecule has 0 saturated heterocycles. The van der Waals surface area contributed by atoms with E-state index in [0.717, 1.165) is 11.4 Å². The molecule has 1 aromatic carbocycles. The summed E-state index contributed by atoms with van der Waals surface area (Å²) in [5.41, 5.74) is 2.45. The third-order valence-electron chi connectivity index (χ3n) is 3.70. The molecule has 1 saturated carbocycles. The number of pyridine rings is 1. The fourth-order valence-electron chi connectivity index (χ4n) is 2.46. The van der Waals surface area contributed by atoms with Gasteiger partial charge in [-0.1, -0.05) is 18.2 Å². The van der Waals surface area contributed by atoms with Gasteiger partial charge < -0.3 is 5.32 Å². The molecule has 1 heterocycles. The van der Waals surface area contributed by atoms with E-state index in [1.54, 1.807) is 0 Å². The first kappa shape index (κ1) is 10.6. The molecule has 1 fully saturated rings. The lowest BCUT2D eigenvalue weighted by Gasteiger charge is -2.28. The molecule has 1 N–H and O–H groups in total. The molecule has 88 valence electrons. The van der Waals surface area contributed by atoms with Crippen molar-refractivity contribution in [2.75, 3.05) is 5.32 Å². The first-order valence-corrected chi connectivity index (χ1v) is 6.29. The predicted octanol–water partition coefficient (Wildman–Crippen LogP) is 3.84. The van der Waals surface area contributed by atoms with Crippen LogP contribution in [0.25, 0.3) is 10.9 Å². The average Bonchev–Trinajstić information content (AvgIpc) is 3.13. The summed E-state index contributed by atoms with van der Waals surface area (Å²) < 4.78 is 0. The minimum Gasteiger partial charge on any atom is -0.379 e. The third kappa shape index (κ3) is 1.99. The third-order valence-corrected chi connectivity index (χ3v) is 3.70. The van der Waals surface area contributed by atoms with E-state index in [2.05, 4.69) is 48.4 Å². The van der Waals surface area contributed by atoms with Gasteiger partial charge in [0.15, 0.2) is 0 Å². The summed E-state index contributed by atoms with van der Waals surface area (Å²) in [4.78, 5) is 4.39. The van der Waals surface area contributed by atoms with Crippen molar-refractivity contribution in [3.63, 3.8) is 0 Å². The van der Waals surface area contributed by atoms with E-state index in [1.807, 2.05) is 12.3 Å². The molecule has 2 aromatic rings. The molecule has 0 aliphatic heterocycles. The van der Waals surface area contributed by atoms with Gasteiger partial charge in [-0.05, 0) is 44.7 Å². The molecule has 3 rings (SSSR count). The van der Waals surface area contributed by atoms with Crippen LogP contribution in [0.1, 0.15) is 26.7 Å². The van der Waals surface area contributed by atoms with Gasteiger partial charge in [-0.2, -0.15) is 0 Å². The van der Waals surface area contributed by atoms with E-state index in [-0.39, 0.29) is 5.54 Å². The normalized spacial score (nSPS) is 16.1. The Morgan fingerprint density at radius 2 is 1.94 bits per heavy atom. The molecule has 0 spiro atoms. The smallest absolute Gasteiger partial charge is 0.0722 e. The van der Waals surface area contributed by atoms with Crippen LogP contribution in [0.5, 0.6) is 0 Å². The maximum Gasteiger partial charge on any atom is 0.0722 e. The van der Waals surface area contributed by atoms with E-state index < -0.39 is 0 Å². The Kier molecular flexibility index (Phi) is 2.32. The second-order valence-corrected chi connectivity index (χ2v) is 5.50. The molecule has 0 atom stereocenters. The SMILES string of the molecule is CC(C)(Nc1ccnc2ccccc12)C1CC1. The monoisotopic (exact) mass is 226 g/mol. The van der Waals surface area contributed by atoms with E-state index in [0.29, 0.717) is 0 Å². The predicted molar refractivity (Wildman–Crippen MR) is 72.2 cm³/mol. The maximum atomic E-state index is 4.39. The van der Waals surface area contributed by atoms with E-state index in [1.165, 1.54) is 23.9 Å². The van der Waals surface area contributed by atoms with Crippen molar-refractivity contribution in [2.24, 2.45) is 5.92 Å². The van der Waals surface area contributed by atoms with Crippen molar-refractivity contribution in [3.05, 3.63) is 36.5 Å². The number of fused-ring (bicyclic) bond motifs is 1. The number of benzene rings is 1. The summed E-state index contributed by atoms with van der Waals surface area (Å²) in [6.07, 6.45) is 4.58. The van der Waals surface area contributed by atoms with E-state index in [9.17, 15) is 0 Å². The van der Waals surface area contributed by atoms with Crippen LogP contribution in [0.2, 0.25) is 0 Å². The minimum atomic E-state index is 0.185. The van der Waals surface area contributed by atoms with Crippen LogP contribution in [0.3, 0.4) is 0 Å². The summed E-state index contributed by atoms with van der Waals surface area (Å²) in [6.45, 7) is 4.58. The number of nitrogens with zero attached hydrogens (tertiary/aromatic N) is 1. The zero-order chi connectivity index (χ0) is 11.9. The van der Waals surface area contributed by atoms with Gasteiger partial charge in [0.1, 0.15) is 0 Å². The van der Waals surface area contributed by atoms with Crippen molar-refractivity contribution in [2.45, 2.75) is 32.2 Å². The fourth-order valence-corrected chi connectivity index (χ4v) is 2.46. The number of anilines is 1. The van der Waals surface area contributed by atoms with Crippen LogP contribution in [0, 0.1) is 5.92 Å². The van der Waals surface area contributed by atoms with Gasteiger partial charge in [0.05, 0.1) is 5.52 Å². The first-order valence-electron chi connectivity index (χ1n) is 6.29. The van der Waals surface area contributed by atoms with E-state index in [4.69, 9.17) is 0 Å². The van der Waals surface area contributed by atoms with Gasteiger partial charge >= 0.3 is 0 Å². The molecule has 0 unspecified atom stereocenters. The minimum absolute atomic E-state index is 0.185. The summed E-state index contributed by atoms with van der Waals surface area (Å²) in [5.74, 6) is 0.814. The topological polar surface area (TPSA) is 24.9 Å². The maximum absolute atomic E-state index is 4.39. The zero-order valence-electron chi connectivity index (χ0n) is 10.4. The van der Waals surface area contributed by atoms with Crippen LogP contribution >= 0.6 is 0 Å². The van der Waals surface area contributed by atoms with Crippen LogP contribution in [-0.2, 0) is 0 Å². The van der Waals surface area contributed by atoms with Crippen molar-refractivity contribution in [1.82, 2.24) is 4.98 Å². The highest BCUT2D eigenvalue weighted by molar-refractivity contribution is 5.91. The Morgan fingerprint density at radius 1 is 1.18 bits per heavy atom. The average molecular weight is 226 g/mol. The molecular weight excluding hydrogens is 208 g/mol. The summed E-state index contributed by atoms with van der Waals surface area (Å²) >= 11 is 0. The number of rotatable bonds is 3. The number of hydrogen-bond donors (Lipinski definition) is 1. The quantitative estimate of drug-likeness (QED) is 0.860. The Labute approximate surface area is 102 Å². The molecular formula is C15H18N2. The van der Waals surface area contributed by atoms with Crippen LogP contribution in [0.15, 0.2) is 36.5 Å². The zero-order valence-corrected chi connectivity index (χ0v) is 10.4. The van der Waals surface area contributed by atoms with Gasteiger partial charge in [0, 0.05) is 22.8 Å². The van der Waals surface area contributed by atoms with Gasteiger partial charge in [0.25, 0.3) is 0 Å². The Bertz CT molecular complexity index is 536.